The largest absolute Gasteiger partial charge is 0.375 e. The van der Waals surface area contributed by atoms with Crippen molar-refractivity contribution in [3.63, 3.8) is 0 Å². The number of rotatable bonds is 4. The molecule has 29 heavy (non-hydrogen) atoms. The number of pyridine rings is 2. The lowest BCUT2D eigenvalue weighted by Gasteiger charge is -2.38. The van der Waals surface area contributed by atoms with Crippen molar-refractivity contribution in [3.05, 3.63) is 59.2 Å². The lowest BCUT2D eigenvalue weighted by Crippen LogP contribution is -2.36. The van der Waals surface area contributed by atoms with Crippen molar-refractivity contribution in [3.8, 4) is 6.07 Å². The second kappa shape index (κ2) is 10.5. The predicted molar refractivity (Wildman–Crippen MR) is 116 cm³/mol. The molecule has 1 aliphatic carbocycles. The van der Waals surface area contributed by atoms with Crippen molar-refractivity contribution in [2.24, 2.45) is 0 Å². The molecule has 0 bridgehead atoms. The highest BCUT2D eigenvalue weighted by Crippen LogP contribution is 2.44. The Morgan fingerprint density at radius 3 is 2.72 bits per heavy atom. The second-order valence-electron chi connectivity index (χ2n) is 8.41. The highest BCUT2D eigenvalue weighted by Gasteiger charge is 2.40. The normalized spacial score (nSPS) is 20.0. The van der Waals surface area contributed by atoms with E-state index in [0.717, 1.165) is 25.0 Å². The summed E-state index contributed by atoms with van der Waals surface area (Å²) in [5.74, 6) is 0.619. The van der Waals surface area contributed by atoms with E-state index in [4.69, 9.17) is 10.00 Å². The number of ether oxygens (including phenoxy) is 1. The zero-order valence-corrected chi connectivity index (χ0v) is 17.9. The molecule has 2 aliphatic rings. The van der Waals surface area contributed by atoms with Crippen molar-refractivity contribution >= 4 is 0 Å². The van der Waals surface area contributed by atoms with Crippen LogP contribution in [0.15, 0.2) is 36.7 Å². The minimum Gasteiger partial charge on any atom is -0.375 e. The van der Waals surface area contributed by atoms with Crippen LogP contribution in [0.2, 0.25) is 0 Å². The number of nitrogens with zero attached hydrogens (tertiary/aromatic N) is 3. The average molecular weight is 392 g/mol. The zero-order chi connectivity index (χ0) is 20.5. The molecule has 0 N–H and O–H groups in total. The summed E-state index contributed by atoms with van der Waals surface area (Å²) in [7, 11) is 0. The molecule has 0 aromatic carbocycles. The van der Waals surface area contributed by atoms with Gasteiger partial charge >= 0.3 is 0 Å². The summed E-state index contributed by atoms with van der Waals surface area (Å²) in [5.41, 5.74) is 4.23. The van der Waals surface area contributed by atoms with Crippen LogP contribution in [0.5, 0.6) is 0 Å². The number of hydrogen-bond donors (Lipinski definition) is 0. The molecule has 0 radical (unpaired) electrons. The second-order valence-corrected chi connectivity index (χ2v) is 8.41. The van der Waals surface area contributed by atoms with Crippen molar-refractivity contribution in [1.29, 1.82) is 5.26 Å². The van der Waals surface area contributed by atoms with Gasteiger partial charge in [-0.05, 0) is 68.7 Å². The summed E-state index contributed by atoms with van der Waals surface area (Å²) in [4.78, 5) is 8.59. The van der Waals surface area contributed by atoms with E-state index in [1.54, 1.807) is 6.20 Å². The molecule has 2 aromatic heterocycles. The van der Waals surface area contributed by atoms with Crippen LogP contribution >= 0.6 is 0 Å². The number of aromatic nitrogens is 2. The van der Waals surface area contributed by atoms with Gasteiger partial charge in [-0.3, -0.25) is 4.98 Å². The summed E-state index contributed by atoms with van der Waals surface area (Å²) < 4.78 is 6.05. The van der Waals surface area contributed by atoms with Crippen molar-refractivity contribution in [1.82, 2.24) is 9.97 Å². The van der Waals surface area contributed by atoms with Crippen LogP contribution < -0.4 is 0 Å². The molecule has 1 spiro atoms. The Bertz CT molecular complexity index is 807. The Kier molecular flexibility index (Phi) is 7.77. The Hall–Kier alpha value is -2.25. The molecule has 2 aromatic rings. The molecule has 2 fully saturated rings. The highest BCUT2D eigenvalue weighted by atomic mass is 16.5. The van der Waals surface area contributed by atoms with Crippen molar-refractivity contribution in [2.75, 3.05) is 6.61 Å². The Labute approximate surface area is 175 Å². The van der Waals surface area contributed by atoms with Gasteiger partial charge in [-0.2, -0.15) is 5.26 Å². The van der Waals surface area contributed by atoms with Crippen molar-refractivity contribution < 1.29 is 4.74 Å². The van der Waals surface area contributed by atoms with Crippen LogP contribution in [-0.4, -0.2) is 22.2 Å². The predicted octanol–water partition coefficient (Wildman–Crippen LogP) is 5.89. The molecule has 1 saturated heterocycles. The maximum absolute atomic E-state index is 8.67. The van der Waals surface area contributed by atoms with Gasteiger partial charge in [0, 0.05) is 30.6 Å². The minimum absolute atomic E-state index is 0.209. The van der Waals surface area contributed by atoms with E-state index >= 15 is 0 Å². The summed E-state index contributed by atoms with van der Waals surface area (Å²) in [5, 5.41) is 8.67. The molecule has 4 nitrogen and oxygen atoms in total. The van der Waals surface area contributed by atoms with Crippen LogP contribution in [0, 0.1) is 18.3 Å². The van der Waals surface area contributed by atoms with Gasteiger partial charge < -0.3 is 4.74 Å². The number of hydrogen-bond acceptors (Lipinski definition) is 4. The maximum atomic E-state index is 8.67. The Balaban J connectivity index is 0.000000170. The lowest BCUT2D eigenvalue weighted by atomic mass is 9.83. The van der Waals surface area contributed by atoms with Crippen LogP contribution in [0.1, 0.15) is 86.7 Å². The average Bonchev–Trinajstić information content (AvgIpc) is 3.21. The first-order chi connectivity index (χ1) is 14.2. The van der Waals surface area contributed by atoms with Crippen LogP contribution in [-0.2, 0) is 11.2 Å². The van der Waals surface area contributed by atoms with E-state index in [-0.39, 0.29) is 5.60 Å². The molecule has 0 amide bonds. The van der Waals surface area contributed by atoms with Gasteiger partial charge in [0.05, 0.1) is 5.60 Å². The van der Waals surface area contributed by atoms with E-state index < -0.39 is 0 Å². The fraction of sp³-hybridized carbons (Fsp3) is 0.560. The van der Waals surface area contributed by atoms with E-state index in [0.29, 0.717) is 11.6 Å². The highest BCUT2D eigenvalue weighted by molar-refractivity contribution is 5.32. The third-order valence-electron chi connectivity index (χ3n) is 6.17. The SMILES string of the molecule is CCCCc1cnc(C#N)c(C)c1.c1ccc([C@@H]2CCOC3(CCCC3)C2)nc1. The molecular weight excluding hydrogens is 358 g/mol. The standard InChI is InChI=1S/C14H19NO.C11H14N2/c1-4-9-15-13(5-1)12-6-10-16-14(11-12)7-2-3-8-14;1-3-4-5-10-6-9(2)11(7-12)13-8-10/h1,4-5,9,12H,2-3,6-8,10-11H2;6,8H,3-5H2,1-2H3/t12-;/m1./s1. The third-order valence-corrected chi connectivity index (χ3v) is 6.17. The number of unbranched alkanes of at least 4 members (excludes halogenated alkanes) is 1. The monoisotopic (exact) mass is 391 g/mol. The molecular formula is C25H33N3O. The van der Waals surface area contributed by atoms with E-state index in [2.05, 4.69) is 41.2 Å². The zero-order valence-electron chi connectivity index (χ0n) is 17.9. The van der Waals surface area contributed by atoms with E-state index in [9.17, 15) is 0 Å². The first-order valence-corrected chi connectivity index (χ1v) is 11.1. The van der Waals surface area contributed by atoms with Crippen LogP contribution in [0.25, 0.3) is 0 Å². The quantitative estimate of drug-likeness (QED) is 0.652. The van der Waals surface area contributed by atoms with Gasteiger partial charge in [0.2, 0.25) is 0 Å². The summed E-state index contributed by atoms with van der Waals surface area (Å²) in [6.07, 6.45) is 14.7. The van der Waals surface area contributed by atoms with Gasteiger partial charge in [-0.25, -0.2) is 4.98 Å². The topological polar surface area (TPSA) is 58.8 Å². The van der Waals surface area contributed by atoms with Crippen LogP contribution in [0.3, 0.4) is 0 Å². The number of aryl methyl sites for hydroxylation is 2. The molecule has 1 atom stereocenters. The van der Waals surface area contributed by atoms with Gasteiger partial charge in [0.25, 0.3) is 0 Å². The lowest BCUT2D eigenvalue weighted by molar-refractivity contribution is -0.0809. The van der Waals surface area contributed by atoms with E-state index in [1.165, 1.54) is 56.2 Å². The van der Waals surface area contributed by atoms with Crippen LogP contribution in [0.4, 0.5) is 0 Å². The molecule has 1 aliphatic heterocycles. The maximum Gasteiger partial charge on any atom is 0.143 e. The summed E-state index contributed by atoms with van der Waals surface area (Å²) in [6.45, 7) is 5.02. The Morgan fingerprint density at radius 1 is 1.24 bits per heavy atom. The fourth-order valence-corrected chi connectivity index (χ4v) is 4.53. The first kappa shape index (κ1) is 21.5. The van der Waals surface area contributed by atoms with Gasteiger partial charge in [-0.15, -0.1) is 0 Å². The first-order valence-electron chi connectivity index (χ1n) is 11.1. The van der Waals surface area contributed by atoms with Gasteiger partial charge in [0.1, 0.15) is 11.8 Å². The summed E-state index contributed by atoms with van der Waals surface area (Å²) in [6, 6.07) is 10.4. The van der Waals surface area contributed by atoms with E-state index in [1.807, 2.05) is 19.2 Å². The van der Waals surface area contributed by atoms with Gasteiger partial charge in [-0.1, -0.05) is 38.3 Å². The molecule has 4 rings (SSSR count). The molecule has 154 valence electrons. The summed E-state index contributed by atoms with van der Waals surface area (Å²) >= 11 is 0. The Morgan fingerprint density at radius 2 is 2.07 bits per heavy atom. The minimum atomic E-state index is 0.209. The van der Waals surface area contributed by atoms with Gasteiger partial charge in [0.15, 0.2) is 0 Å². The van der Waals surface area contributed by atoms with Crippen molar-refractivity contribution in [2.45, 2.75) is 83.2 Å². The molecule has 1 saturated carbocycles. The molecule has 0 unspecified atom stereocenters. The molecule has 4 heteroatoms. The smallest absolute Gasteiger partial charge is 0.143 e. The molecule has 3 heterocycles. The number of nitriles is 1. The fourth-order valence-electron chi connectivity index (χ4n) is 4.53. The third kappa shape index (κ3) is 5.87.